The summed E-state index contributed by atoms with van der Waals surface area (Å²) in [6.45, 7) is 5.75. The van der Waals surface area contributed by atoms with Crippen LogP contribution in [0.5, 0.6) is 0 Å². The number of hydrogen-bond acceptors (Lipinski definition) is 3. The zero-order chi connectivity index (χ0) is 14.4. The molecule has 0 spiro atoms. The van der Waals surface area contributed by atoms with E-state index in [0.717, 1.165) is 31.6 Å². The highest BCUT2D eigenvalue weighted by Gasteiger charge is 2.63. The summed E-state index contributed by atoms with van der Waals surface area (Å²) >= 11 is 0. The van der Waals surface area contributed by atoms with Crippen molar-refractivity contribution in [2.75, 3.05) is 7.11 Å². The molecule has 0 amide bonds. The van der Waals surface area contributed by atoms with E-state index in [1.807, 2.05) is 7.11 Å². The zero-order valence-corrected chi connectivity index (χ0v) is 12.7. The van der Waals surface area contributed by atoms with Gasteiger partial charge in [0.25, 0.3) is 0 Å². The molecule has 3 heteroatoms. The number of hydrogen-bond donors (Lipinski definition) is 0. The monoisotopic (exact) mass is 278 g/mol. The van der Waals surface area contributed by atoms with Crippen molar-refractivity contribution in [3.8, 4) is 0 Å². The van der Waals surface area contributed by atoms with Crippen LogP contribution in [-0.2, 0) is 14.3 Å². The lowest BCUT2D eigenvalue weighted by atomic mass is 9.47. The molecule has 4 saturated carbocycles. The van der Waals surface area contributed by atoms with Crippen molar-refractivity contribution in [3.05, 3.63) is 12.7 Å². The number of methoxy groups -OCH3 is 1. The molecule has 4 rings (SSSR count). The van der Waals surface area contributed by atoms with E-state index in [1.165, 1.54) is 25.3 Å². The van der Waals surface area contributed by atoms with Crippen LogP contribution in [0.2, 0.25) is 0 Å². The summed E-state index contributed by atoms with van der Waals surface area (Å²) in [4.78, 5) is 11.9. The summed E-state index contributed by atoms with van der Waals surface area (Å²) in [6.07, 6.45) is 9.07. The Morgan fingerprint density at radius 1 is 1.30 bits per heavy atom. The third-order valence-corrected chi connectivity index (χ3v) is 6.05. The molecule has 0 aromatic rings. The summed E-state index contributed by atoms with van der Waals surface area (Å²) in [5.74, 6) is 1.45. The summed E-state index contributed by atoms with van der Waals surface area (Å²) in [7, 11) is 1.85. The highest BCUT2D eigenvalue weighted by molar-refractivity contribution is 5.81. The zero-order valence-electron chi connectivity index (χ0n) is 12.7. The summed E-state index contributed by atoms with van der Waals surface area (Å²) in [6, 6.07) is 0. The molecule has 2 unspecified atom stereocenters. The normalized spacial score (nSPS) is 45.4. The van der Waals surface area contributed by atoms with Crippen LogP contribution in [0.3, 0.4) is 0 Å². The molecule has 4 aliphatic rings. The van der Waals surface area contributed by atoms with E-state index in [9.17, 15) is 4.79 Å². The predicted octanol–water partition coefficient (Wildman–Crippen LogP) is 3.48. The van der Waals surface area contributed by atoms with E-state index in [-0.39, 0.29) is 17.2 Å². The number of esters is 1. The smallest absolute Gasteiger partial charge is 0.330 e. The number of rotatable bonds is 5. The first-order chi connectivity index (χ1) is 9.57. The molecular weight excluding hydrogens is 252 g/mol. The van der Waals surface area contributed by atoms with Gasteiger partial charge in [0.15, 0.2) is 0 Å². The van der Waals surface area contributed by atoms with Crippen molar-refractivity contribution in [1.29, 1.82) is 0 Å². The molecule has 4 bridgehead atoms. The Bertz CT molecular complexity index is 398. The first-order valence-electron chi connectivity index (χ1n) is 7.98. The Balaban J connectivity index is 1.92. The quantitative estimate of drug-likeness (QED) is 0.570. The molecule has 2 atom stereocenters. The highest BCUT2D eigenvalue weighted by atomic mass is 16.6. The van der Waals surface area contributed by atoms with Gasteiger partial charge in [-0.05, 0) is 44.4 Å². The van der Waals surface area contributed by atoms with Crippen molar-refractivity contribution in [2.24, 2.45) is 17.8 Å². The lowest BCUT2D eigenvalue weighted by Gasteiger charge is -2.63. The third kappa shape index (κ3) is 1.93. The van der Waals surface area contributed by atoms with Crippen LogP contribution < -0.4 is 0 Å². The highest BCUT2D eigenvalue weighted by Crippen LogP contribution is 2.63. The Morgan fingerprint density at radius 3 is 2.45 bits per heavy atom. The maximum absolute atomic E-state index is 11.9. The maximum Gasteiger partial charge on any atom is 0.330 e. The van der Waals surface area contributed by atoms with E-state index >= 15 is 0 Å². The molecule has 112 valence electrons. The van der Waals surface area contributed by atoms with Crippen LogP contribution in [0, 0.1) is 17.8 Å². The molecule has 20 heavy (non-hydrogen) atoms. The molecular formula is C17H26O3. The van der Waals surface area contributed by atoms with Crippen LogP contribution >= 0.6 is 0 Å². The largest absolute Gasteiger partial charge is 0.455 e. The Morgan fingerprint density at radius 2 is 1.95 bits per heavy atom. The van der Waals surface area contributed by atoms with Gasteiger partial charge in [-0.3, -0.25) is 0 Å². The van der Waals surface area contributed by atoms with Crippen molar-refractivity contribution in [1.82, 2.24) is 0 Å². The SMILES string of the molecule is C=CC(=O)OC1(CCC)C2CC3CC1CC(OC)(C3)C2. The first kappa shape index (κ1) is 14.1. The second kappa shape index (κ2) is 4.87. The van der Waals surface area contributed by atoms with Gasteiger partial charge in [-0.25, -0.2) is 4.79 Å². The summed E-state index contributed by atoms with van der Waals surface area (Å²) in [5.41, 5.74) is -0.187. The Hall–Kier alpha value is -0.830. The van der Waals surface area contributed by atoms with Crippen LogP contribution in [0.15, 0.2) is 12.7 Å². The van der Waals surface area contributed by atoms with Gasteiger partial charge in [0.2, 0.25) is 0 Å². The van der Waals surface area contributed by atoms with Gasteiger partial charge in [0.1, 0.15) is 5.60 Å². The van der Waals surface area contributed by atoms with Gasteiger partial charge in [-0.2, -0.15) is 0 Å². The van der Waals surface area contributed by atoms with Gasteiger partial charge in [0, 0.05) is 25.0 Å². The Labute approximate surface area is 121 Å². The van der Waals surface area contributed by atoms with Crippen molar-refractivity contribution in [2.45, 2.75) is 63.1 Å². The topological polar surface area (TPSA) is 35.5 Å². The second-order valence-electron chi connectivity index (χ2n) is 7.06. The van der Waals surface area contributed by atoms with Crippen molar-refractivity contribution >= 4 is 5.97 Å². The molecule has 3 nitrogen and oxygen atoms in total. The van der Waals surface area contributed by atoms with Crippen LogP contribution in [0.25, 0.3) is 0 Å². The van der Waals surface area contributed by atoms with Gasteiger partial charge in [0.05, 0.1) is 5.60 Å². The fourth-order valence-electron chi connectivity index (χ4n) is 5.48. The second-order valence-corrected chi connectivity index (χ2v) is 7.06. The van der Waals surface area contributed by atoms with Crippen molar-refractivity contribution in [3.63, 3.8) is 0 Å². The van der Waals surface area contributed by atoms with Crippen LogP contribution in [-0.4, -0.2) is 24.3 Å². The van der Waals surface area contributed by atoms with Gasteiger partial charge in [-0.15, -0.1) is 0 Å². The number of carbonyl (C=O) groups is 1. The average molecular weight is 278 g/mol. The molecule has 4 fully saturated rings. The molecule has 0 radical (unpaired) electrons. The molecule has 0 heterocycles. The fourth-order valence-corrected chi connectivity index (χ4v) is 5.48. The van der Waals surface area contributed by atoms with Crippen LogP contribution in [0.4, 0.5) is 0 Å². The minimum Gasteiger partial charge on any atom is -0.455 e. The van der Waals surface area contributed by atoms with E-state index in [1.54, 1.807) is 0 Å². The van der Waals surface area contributed by atoms with E-state index in [2.05, 4.69) is 13.5 Å². The molecule has 0 N–H and O–H groups in total. The molecule has 0 aromatic heterocycles. The number of carbonyl (C=O) groups excluding carboxylic acids is 1. The molecule has 4 aliphatic carbocycles. The van der Waals surface area contributed by atoms with Gasteiger partial charge < -0.3 is 9.47 Å². The van der Waals surface area contributed by atoms with E-state index in [4.69, 9.17) is 9.47 Å². The van der Waals surface area contributed by atoms with Gasteiger partial charge in [-0.1, -0.05) is 19.9 Å². The summed E-state index contributed by atoms with van der Waals surface area (Å²) < 4.78 is 11.9. The maximum atomic E-state index is 11.9. The van der Waals surface area contributed by atoms with E-state index in [0.29, 0.717) is 11.8 Å². The Kier molecular flexibility index (Phi) is 3.44. The standard InChI is InChI=1S/C17H26O3/c1-4-6-17(20-15(18)5-2)13-7-12-8-14(17)11-16(9-12,10-13)19-3/h5,12-14H,2,4,6-11H2,1,3H3. The first-order valence-corrected chi connectivity index (χ1v) is 7.98. The minimum absolute atomic E-state index is 0.0638. The van der Waals surface area contributed by atoms with Crippen LogP contribution in [0.1, 0.15) is 51.9 Å². The average Bonchev–Trinajstić information content (AvgIpc) is 2.44. The summed E-state index contributed by atoms with van der Waals surface area (Å²) in [5, 5.41) is 0. The molecule has 0 aromatic carbocycles. The van der Waals surface area contributed by atoms with Crippen molar-refractivity contribution < 1.29 is 14.3 Å². The lowest BCUT2D eigenvalue weighted by Crippen LogP contribution is -2.65. The molecule has 0 saturated heterocycles. The predicted molar refractivity (Wildman–Crippen MR) is 77.2 cm³/mol. The lowest BCUT2D eigenvalue weighted by molar-refractivity contribution is -0.247. The van der Waals surface area contributed by atoms with E-state index < -0.39 is 0 Å². The molecule has 0 aliphatic heterocycles. The third-order valence-electron chi connectivity index (χ3n) is 6.05. The van der Waals surface area contributed by atoms with Gasteiger partial charge >= 0.3 is 5.97 Å². The minimum atomic E-state index is -0.252. The number of ether oxygens (including phenoxy) is 2. The fraction of sp³-hybridized carbons (Fsp3) is 0.824.